The number of halogens is 1. The summed E-state index contributed by atoms with van der Waals surface area (Å²) in [5.74, 6) is 0. The Morgan fingerprint density at radius 2 is 2.22 bits per heavy atom. The lowest BCUT2D eigenvalue weighted by atomic mass is 10.2. The molecule has 2 aromatic heterocycles. The molecular weight excluding hydrogens is 255 g/mol. The standard InChI is InChI=1S/C12H15FN2O2S/c1-2-3-4-8-7-9-10(18-8)14-12(17)15(6-5-13)11(9)16/h7H,2-6H2,1H3,(H,14,17). The molecule has 0 saturated carbocycles. The van der Waals surface area contributed by atoms with Gasteiger partial charge in [0.15, 0.2) is 0 Å². The van der Waals surface area contributed by atoms with E-state index in [9.17, 15) is 14.0 Å². The topological polar surface area (TPSA) is 54.9 Å². The highest BCUT2D eigenvalue weighted by Crippen LogP contribution is 2.21. The zero-order valence-corrected chi connectivity index (χ0v) is 11.0. The molecule has 98 valence electrons. The van der Waals surface area contributed by atoms with Crippen molar-refractivity contribution in [2.45, 2.75) is 32.7 Å². The van der Waals surface area contributed by atoms with Crippen LogP contribution in [-0.4, -0.2) is 16.2 Å². The fourth-order valence-corrected chi connectivity index (χ4v) is 2.94. The van der Waals surface area contributed by atoms with Gasteiger partial charge in [-0.1, -0.05) is 13.3 Å². The number of rotatable bonds is 5. The van der Waals surface area contributed by atoms with Crippen LogP contribution >= 0.6 is 11.3 Å². The number of aromatic amines is 1. The van der Waals surface area contributed by atoms with E-state index in [1.165, 1.54) is 11.3 Å². The molecule has 4 nitrogen and oxygen atoms in total. The van der Waals surface area contributed by atoms with Gasteiger partial charge in [0.2, 0.25) is 0 Å². The van der Waals surface area contributed by atoms with Crippen molar-refractivity contribution in [3.63, 3.8) is 0 Å². The lowest BCUT2D eigenvalue weighted by Gasteiger charge is -1.99. The quantitative estimate of drug-likeness (QED) is 0.904. The van der Waals surface area contributed by atoms with Crippen LogP contribution in [0.25, 0.3) is 10.2 Å². The van der Waals surface area contributed by atoms with E-state index in [0.29, 0.717) is 10.2 Å². The first-order chi connectivity index (χ1) is 8.67. The molecule has 0 atom stereocenters. The molecule has 6 heteroatoms. The van der Waals surface area contributed by atoms with Crippen molar-refractivity contribution in [1.29, 1.82) is 0 Å². The number of unbranched alkanes of at least 4 members (excludes halogenated alkanes) is 1. The number of nitrogens with one attached hydrogen (secondary N) is 1. The molecule has 0 unspecified atom stereocenters. The molecule has 18 heavy (non-hydrogen) atoms. The van der Waals surface area contributed by atoms with E-state index in [-0.39, 0.29) is 6.54 Å². The SMILES string of the molecule is CCCCc1cc2c(=O)n(CCF)c(=O)[nH]c2s1. The van der Waals surface area contributed by atoms with E-state index in [2.05, 4.69) is 11.9 Å². The van der Waals surface area contributed by atoms with Crippen molar-refractivity contribution in [2.75, 3.05) is 6.67 Å². The summed E-state index contributed by atoms with van der Waals surface area (Å²) in [6.07, 6.45) is 3.03. The summed E-state index contributed by atoms with van der Waals surface area (Å²) in [6, 6.07) is 1.81. The van der Waals surface area contributed by atoms with Crippen LogP contribution in [0.3, 0.4) is 0 Å². The summed E-state index contributed by atoms with van der Waals surface area (Å²) >= 11 is 1.43. The van der Waals surface area contributed by atoms with Gasteiger partial charge in [-0.3, -0.25) is 14.3 Å². The molecule has 0 radical (unpaired) electrons. The second-order valence-electron chi connectivity index (χ2n) is 4.13. The summed E-state index contributed by atoms with van der Waals surface area (Å²) in [6.45, 7) is 1.19. The third-order valence-corrected chi connectivity index (χ3v) is 3.92. The maximum absolute atomic E-state index is 12.3. The minimum atomic E-state index is -0.721. The van der Waals surface area contributed by atoms with E-state index in [1.54, 1.807) is 0 Å². The van der Waals surface area contributed by atoms with E-state index < -0.39 is 17.9 Å². The molecule has 0 fully saturated rings. The van der Waals surface area contributed by atoms with Crippen LogP contribution in [0.2, 0.25) is 0 Å². The number of nitrogens with zero attached hydrogens (tertiary/aromatic N) is 1. The predicted molar refractivity (Wildman–Crippen MR) is 71.3 cm³/mol. The van der Waals surface area contributed by atoms with Crippen LogP contribution in [0.1, 0.15) is 24.6 Å². The molecule has 0 aliphatic rings. The predicted octanol–water partition coefficient (Wildman–Crippen LogP) is 2.06. The van der Waals surface area contributed by atoms with Crippen LogP contribution in [-0.2, 0) is 13.0 Å². The van der Waals surface area contributed by atoms with Crippen molar-refractivity contribution in [3.8, 4) is 0 Å². The number of thiophene rings is 1. The Morgan fingerprint density at radius 3 is 2.89 bits per heavy atom. The second-order valence-corrected chi connectivity index (χ2v) is 5.27. The van der Waals surface area contributed by atoms with Crippen LogP contribution in [0.5, 0.6) is 0 Å². The molecular formula is C12H15FN2O2S. The fourth-order valence-electron chi connectivity index (χ4n) is 1.86. The fraction of sp³-hybridized carbons (Fsp3) is 0.500. The van der Waals surface area contributed by atoms with Gasteiger partial charge in [-0.25, -0.2) is 9.18 Å². The van der Waals surface area contributed by atoms with Crippen molar-refractivity contribution in [1.82, 2.24) is 9.55 Å². The molecule has 2 rings (SSSR count). The van der Waals surface area contributed by atoms with Gasteiger partial charge in [0.25, 0.3) is 5.56 Å². The van der Waals surface area contributed by atoms with E-state index in [1.807, 2.05) is 6.07 Å². The molecule has 0 aliphatic heterocycles. The molecule has 0 aromatic carbocycles. The molecule has 1 N–H and O–H groups in total. The summed E-state index contributed by atoms with van der Waals surface area (Å²) in [5, 5.41) is 0.485. The largest absolute Gasteiger partial charge is 0.329 e. The van der Waals surface area contributed by atoms with Gasteiger partial charge < -0.3 is 0 Å². The minimum Gasteiger partial charge on any atom is -0.298 e. The van der Waals surface area contributed by atoms with Crippen LogP contribution in [0, 0.1) is 0 Å². The van der Waals surface area contributed by atoms with Gasteiger partial charge in [0, 0.05) is 4.88 Å². The highest BCUT2D eigenvalue weighted by molar-refractivity contribution is 7.18. The first-order valence-electron chi connectivity index (χ1n) is 5.99. The van der Waals surface area contributed by atoms with Gasteiger partial charge in [0.1, 0.15) is 11.5 Å². The minimum absolute atomic E-state index is 0.190. The Balaban J connectivity index is 2.53. The molecule has 0 bridgehead atoms. The van der Waals surface area contributed by atoms with E-state index in [0.717, 1.165) is 28.7 Å². The lowest BCUT2D eigenvalue weighted by Crippen LogP contribution is -2.35. The maximum Gasteiger partial charge on any atom is 0.329 e. The molecule has 2 aromatic rings. The summed E-state index contributed by atoms with van der Waals surface area (Å²) in [5.41, 5.74) is -0.931. The Hall–Kier alpha value is -1.43. The lowest BCUT2D eigenvalue weighted by molar-refractivity contribution is 0.434. The third-order valence-electron chi connectivity index (χ3n) is 2.81. The maximum atomic E-state index is 12.3. The number of aryl methyl sites for hydroxylation is 1. The molecule has 2 heterocycles. The third kappa shape index (κ3) is 2.38. The number of fused-ring (bicyclic) bond motifs is 1. The smallest absolute Gasteiger partial charge is 0.298 e. The Labute approximate surface area is 107 Å². The molecule has 0 spiro atoms. The summed E-state index contributed by atoms with van der Waals surface area (Å²) in [7, 11) is 0. The number of alkyl halides is 1. The first-order valence-corrected chi connectivity index (χ1v) is 6.80. The van der Waals surface area contributed by atoms with Crippen LogP contribution in [0.15, 0.2) is 15.7 Å². The van der Waals surface area contributed by atoms with Gasteiger partial charge in [-0.2, -0.15) is 0 Å². The van der Waals surface area contributed by atoms with Gasteiger partial charge in [-0.05, 0) is 18.9 Å². The molecule has 0 saturated heterocycles. The zero-order valence-electron chi connectivity index (χ0n) is 10.2. The highest BCUT2D eigenvalue weighted by Gasteiger charge is 2.10. The van der Waals surface area contributed by atoms with Gasteiger partial charge >= 0.3 is 5.69 Å². The average Bonchev–Trinajstić information content (AvgIpc) is 2.75. The summed E-state index contributed by atoms with van der Waals surface area (Å²) < 4.78 is 13.2. The van der Waals surface area contributed by atoms with Crippen LogP contribution < -0.4 is 11.2 Å². The summed E-state index contributed by atoms with van der Waals surface area (Å²) in [4.78, 5) is 27.9. The first kappa shape index (κ1) is 13.0. The molecule has 0 amide bonds. The van der Waals surface area contributed by atoms with Crippen molar-refractivity contribution in [2.24, 2.45) is 0 Å². The Morgan fingerprint density at radius 1 is 1.44 bits per heavy atom. The zero-order chi connectivity index (χ0) is 13.1. The van der Waals surface area contributed by atoms with Crippen molar-refractivity contribution >= 4 is 21.6 Å². The van der Waals surface area contributed by atoms with Gasteiger partial charge in [-0.15, -0.1) is 11.3 Å². The Kier molecular flexibility index (Phi) is 3.96. The monoisotopic (exact) mass is 270 g/mol. The normalized spacial score (nSPS) is 11.2. The second kappa shape index (κ2) is 5.48. The van der Waals surface area contributed by atoms with Crippen molar-refractivity contribution in [3.05, 3.63) is 31.8 Å². The number of hydrogen-bond donors (Lipinski definition) is 1. The van der Waals surface area contributed by atoms with Gasteiger partial charge in [0.05, 0.1) is 11.9 Å². The van der Waals surface area contributed by atoms with Crippen molar-refractivity contribution < 1.29 is 4.39 Å². The highest BCUT2D eigenvalue weighted by atomic mass is 32.1. The number of hydrogen-bond acceptors (Lipinski definition) is 3. The average molecular weight is 270 g/mol. The van der Waals surface area contributed by atoms with E-state index >= 15 is 0 Å². The van der Waals surface area contributed by atoms with E-state index in [4.69, 9.17) is 0 Å². The number of H-pyrrole nitrogens is 1. The van der Waals surface area contributed by atoms with Crippen LogP contribution in [0.4, 0.5) is 4.39 Å². The number of aromatic nitrogens is 2. The Bertz CT molecular complexity index is 656. The molecule has 0 aliphatic carbocycles.